The molecular weight excluding hydrogens is 456 g/mol. The topological polar surface area (TPSA) is 61.7 Å². The number of rotatable bonds is 4. The van der Waals surface area contributed by atoms with Crippen LogP contribution in [0.15, 0.2) is 24.3 Å². The van der Waals surface area contributed by atoms with Gasteiger partial charge in [-0.3, -0.25) is 0 Å². The van der Waals surface area contributed by atoms with Gasteiger partial charge in [0.1, 0.15) is 12.8 Å². The highest BCUT2D eigenvalue weighted by molar-refractivity contribution is 6.12. The van der Waals surface area contributed by atoms with Crippen molar-refractivity contribution in [2.75, 3.05) is 56.1 Å². The molecule has 0 amide bonds. The van der Waals surface area contributed by atoms with E-state index in [1.54, 1.807) is 33.3 Å². The van der Waals surface area contributed by atoms with Crippen LogP contribution in [0.3, 0.4) is 0 Å². The summed E-state index contributed by atoms with van der Waals surface area (Å²) in [5.74, 6) is 3.06. The third kappa shape index (κ3) is 5.52. The summed E-state index contributed by atoms with van der Waals surface area (Å²) in [6, 6.07) is 9.24. The number of carbonyl (C=O) groups excluding carboxylic acids is 1. The summed E-state index contributed by atoms with van der Waals surface area (Å²) in [5.41, 5.74) is 2.89. The Kier molecular flexibility index (Phi) is 9.40. The molecule has 3 aromatic rings. The molecule has 3 aromatic carbocycles. The van der Waals surface area contributed by atoms with Crippen LogP contribution in [0.1, 0.15) is 30.9 Å². The first-order chi connectivity index (χ1) is 17.3. The number of nitrogens with zero attached hydrogens (tertiary/aromatic N) is 1. The van der Waals surface area contributed by atoms with Gasteiger partial charge in [-0.2, -0.15) is 0 Å². The molecule has 196 valence electrons. The van der Waals surface area contributed by atoms with Gasteiger partial charge in [0.05, 0.1) is 41.0 Å². The SMILES string of the molecule is CC=O.CN(C)C.COc1cc2c3c(c4cc(OC)c(OC)cc4c2cc1OC)C[NH+]1CCCC1C3. The van der Waals surface area contributed by atoms with E-state index in [-0.39, 0.29) is 0 Å². The van der Waals surface area contributed by atoms with Crippen molar-refractivity contribution in [3.8, 4) is 23.0 Å². The summed E-state index contributed by atoms with van der Waals surface area (Å²) < 4.78 is 22.5. The maximum atomic E-state index is 8.81. The van der Waals surface area contributed by atoms with Crippen LogP contribution in [0.5, 0.6) is 23.0 Å². The van der Waals surface area contributed by atoms with E-state index in [2.05, 4.69) is 24.3 Å². The van der Waals surface area contributed by atoms with Gasteiger partial charge < -0.3 is 33.5 Å². The van der Waals surface area contributed by atoms with Crippen LogP contribution in [-0.4, -0.2) is 73.4 Å². The van der Waals surface area contributed by atoms with Crippen molar-refractivity contribution >= 4 is 27.8 Å². The van der Waals surface area contributed by atoms with E-state index in [0.29, 0.717) is 0 Å². The van der Waals surface area contributed by atoms with Crippen molar-refractivity contribution in [1.29, 1.82) is 0 Å². The molecule has 36 heavy (non-hydrogen) atoms. The van der Waals surface area contributed by atoms with Crippen molar-refractivity contribution in [3.63, 3.8) is 0 Å². The van der Waals surface area contributed by atoms with Gasteiger partial charge in [0, 0.05) is 24.8 Å². The second kappa shape index (κ2) is 12.3. The molecule has 7 heteroatoms. The summed E-state index contributed by atoms with van der Waals surface area (Å²) in [5, 5.41) is 4.88. The quantitative estimate of drug-likeness (QED) is 0.440. The standard InChI is InChI=1S/C24H27NO4.C3H9N.C2H4O/c1-26-21-9-16-15-8-14-6-5-7-25(14)13-20(15)19-12-24(29-4)23(28-3)11-18(19)17(16)10-22(21)27-2;1-4(2)3;1-2-3/h9-12,14H,5-8,13H2,1-4H3;1-3H3;2H,1H3/p+1. The fourth-order valence-corrected chi connectivity index (χ4v) is 5.40. The molecule has 5 rings (SSSR count). The Bertz CT molecular complexity index is 1120. The normalized spacial score (nSPS) is 17.8. The van der Waals surface area contributed by atoms with Crippen LogP contribution in [0.2, 0.25) is 0 Å². The summed E-state index contributed by atoms with van der Waals surface area (Å²) in [6.07, 6.45) is 4.49. The van der Waals surface area contributed by atoms with Crippen LogP contribution >= 0.6 is 0 Å². The monoisotopic (exact) mass is 497 g/mol. The van der Waals surface area contributed by atoms with Crippen LogP contribution in [0.4, 0.5) is 0 Å². The van der Waals surface area contributed by atoms with E-state index < -0.39 is 0 Å². The highest BCUT2D eigenvalue weighted by Gasteiger charge is 2.36. The number of hydrogen-bond acceptors (Lipinski definition) is 6. The van der Waals surface area contributed by atoms with Gasteiger partial charge in [-0.1, -0.05) is 0 Å². The lowest BCUT2D eigenvalue weighted by molar-refractivity contribution is -0.927. The van der Waals surface area contributed by atoms with E-state index in [9.17, 15) is 0 Å². The largest absolute Gasteiger partial charge is 0.493 e. The van der Waals surface area contributed by atoms with E-state index in [1.807, 2.05) is 26.0 Å². The minimum absolute atomic E-state index is 0.719. The smallest absolute Gasteiger partial charge is 0.161 e. The predicted octanol–water partition coefficient (Wildman–Crippen LogP) is 3.51. The third-order valence-corrected chi connectivity index (χ3v) is 6.83. The summed E-state index contributed by atoms with van der Waals surface area (Å²) >= 11 is 0. The molecule has 2 aliphatic rings. The minimum atomic E-state index is 0.719. The van der Waals surface area contributed by atoms with Crippen LogP contribution < -0.4 is 23.8 Å². The second-order valence-electron chi connectivity index (χ2n) is 9.67. The first-order valence-corrected chi connectivity index (χ1v) is 12.4. The van der Waals surface area contributed by atoms with Gasteiger partial charge in [-0.15, -0.1) is 0 Å². The van der Waals surface area contributed by atoms with Crippen molar-refractivity contribution in [2.45, 2.75) is 38.8 Å². The molecule has 7 nitrogen and oxygen atoms in total. The van der Waals surface area contributed by atoms with Gasteiger partial charge in [0.25, 0.3) is 0 Å². The highest BCUT2D eigenvalue weighted by atomic mass is 16.5. The van der Waals surface area contributed by atoms with Crippen LogP contribution in [0.25, 0.3) is 21.5 Å². The average molecular weight is 498 g/mol. The average Bonchev–Trinajstić information content (AvgIpc) is 3.33. The molecule has 0 saturated carbocycles. The van der Waals surface area contributed by atoms with Gasteiger partial charge in [0.2, 0.25) is 0 Å². The fourth-order valence-electron chi connectivity index (χ4n) is 5.40. The number of quaternary nitrogens is 1. The lowest BCUT2D eigenvalue weighted by atomic mass is 9.85. The number of aldehydes is 1. The lowest BCUT2D eigenvalue weighted by Crippen LogP contribution is -3.13. The molecule has 0 aliphatic carbocycles. The molecular formula is C29H41N2O5+. The zero-order valence-corrected chi connectivity index (χ0v) is 23.0. The number of nitrogens with one attached hydrogen (secondary N) is 1. The molecule has 1 fully saturated rings. The summed E-state index contributed by atoms with van der Waals surface area (Å²) in [6.45, 7) is 3.78. The maximum absolute atomic E-state index is 8.81. The zero-order valence-electron chi connectivity index (χ0n) is 23.0. The maximum Gasteiger partial charge on any atom is 0.161 e. The Labute approximate surface area is 214 Å². The van der Waals surface area contributed by atoms with E-state index >= 15 is 0 Å². The van der Waals surface area contributed by atoms with Crippen LogP contribution in [0, 0.1) is 0 Å². The van der Waals surface area contributed by atoms with Gasteiger partial charge in [-0.05, 0) is 79.4 Å². The fraction of sp³-hybridized carbons (Fsp3) is 0.483. The Morgan fingerprint density at radius 3 is 1.58 bits per heavy atom. The first-order valence-electron chi connectivity index (χ1n) is 12.4. The van der Waals surface area contributed by atoms with Gasteiger partial charge in [0.15, 0.2) is 23.0 Å². The highest BCUT2D eigenvalue weighted by Crippen LogP contribution is 2.44. The van der Waals surface area contributed by atoms with Crippen molar-refractivity contribution in [1.82, 2.24) is 4.90 Å². The van der Waals surface area contributed by atoms with Crippen molar-refractivity contribution in [2.24, 2.45) is 0 Å². The van der Waals surface area contributed by atoms with Crippen molar-refractivity contribution < 1.29 is 28.6 Å². The molecule has 1 saturated heterocycles. The molecule has 1 N–H and O–H groups in total. The van der Waals surface area contributed by atoms with Gasteiger partial charge in [-0.25, -0.2) is 0 Å². The molecule has 2 aliphatic heterocycles. The van der Waals surface area contributed by atoms with Crippen LogP contribution in [-0.2, 0) is 17.8 Å². The number of ether oxygens (including phenoxy) is 4. The molecule has 2 unspecified atom stereocenters. The lowest BCUT2D eigenvalue weighted by Gasteiger charge is -2.31. The molecule has 0 spiro atoms. The summed E-state index contributed by atoms with van der Waals surface area (Å²) in [4.78, 5) is 12.5. The number of methoxy groups -OCH3 is 4. The van der Waals surface area contributed by atoms with E-state index in [4.69, 9.17) is 23.7 Å². The molecule has 2 atom stereocenters. The third-order valence-electron chi connectivity index (χ3n) is 6.83. The Morgan fingerprint density at radius 2 is 1.17 bits per heavy atom. The first kappa shape index (κ1) is 27.6. The molecule has 0 aromatic heterocycles. The number of hydrogen-bond donors (Lipinski definition) is 1. The second-order valence-corrected chi connectivity index (χ2v) is 9.67. The predicted molar refractivity (Wildman–Crippen MR) is 145 cm³/mol. The zero-order chi connectivity index (χ0) is 26.4. The molecule has 0 radical (unpaired) electrons. The molecule has 2 heterocycles. The number of benzene rings is 3. The number of fused-ring (bicyclic) bond motifs is 7. The molecule has 0 bridgehead atoms. The Balaban J connectivity index is 0.000000463. The van der Waals surface area contributed by atoms with Gasteiger partial charge >= 0.3 is 0 Å². The van der Waals surface area contributed by atoms with E-state index in [0.717, 1.165) is 48.3 Å². The van der Waals surface area contributed by atoms with Crippen molar-refractivity contribution in [3.05, 3.63) is 35.4 Å². The Morgan fingerprint density at radius 1 is 0.778 bits per heavy atom. The summed E-state index contributed by atoms with van der Waals surface area (Å²) in [7, 11) is 12.8. The number of carbonyl (C=O) groups is 1. The van der Waals surface area contributed by atoms with E-state index in [1.165, 1.54) is 59.0 Å². The Hall–Kier alpha value is -3.03. The minimum Gasteiger partial charge on any atom is -0.493 e.